The molecule has 7 heteroatoms. The maximum atomic E-state index is 11.9. The van der Waals surface area contributed by atoms with Gasteiger partial charge in [0.05, 0.1) is 12.2 Å². The van der Waals surface area contributed by atoms with Crippen LogP contribution in [0.25, 0.3) is 0 Å². The summed E-state index contributed by atoms with van der Waals surface area (Å²) in [6.45, 7) is 0. The molecule has 0 radical (unpaired) electrons. The fourth-order valence-corrected chi connectivity index (χ4v) is 5.23. The molecule has 0 aromatic carbocycles. The highest BCUT2D eigenvalue weighted by Gasteiger charge is 2.32. The molecular formula is C10H13NO4S2. The van der Waals surface area contributed by atoms with Crippen molar-refractivity contribution in [2.24, 2.45) is 0 Å². The van der Waals surface area contributed by atoms with Crippen LogP contribution in [0.15, 0.2) is 6.20 Å². The third-order valence-electron chi connectivity index (χ3n) is 2.75. The van der Waals surface area contributed by atoms with Crippen molar-refractivity contribution in [2.45, 2.75) is 30.9 Å². The van der Waals surface area contributed by atoms with E-state index in [1.165, 1.54) is 17.5 Å². The van der Waals surface area contributed by atoms with Crippen LogP contribution in [0, 0.1) is 0 Å². The number of nitrogens with zero attached hydrogens (tertiary/aromatic N) is 1. The van der Waals surface area contributed by atoms with Gasteiger partial charge in [0.15, 0.2) is 9.84 Å². The first-order chi connectivity index (χ1) is 7.99. The van der Waals surface area contributed by atoms with E-state index in [2.05, 4.69) is 4.98 Å². The van der Waals surface area contributed by atoms with Crippen LogP contribution in [0.5, 0.6) is 0 Å². The first kappa shape index (κ1) is 12.5. The van der Waals surface area contributed by atoms with Crippen molar-refractivity contribution in [2.75, 3.05) is 5.75 Å². The van der Waals surface area contributed by atoms with Crippen LogP contribution in [-0.4, -0.2) is 30.2 Å². The normalized spacial score (nSPS) is 23.4. The molecule has 1 N–H and O–H groups in total. The van der Waals surface area contributed by atoms with Gasteiger partial charge in [0.25, 0.3) is 0 Å². The molecule has 2 heterocycles. The van der Waals surface area contributed by atoms with Crippen molar-refractivity contribution < 1.29 is 18.3 Å². The second-order valence-electron chi connectivity index (χ2n) is 4.09. The van der Waals surface area contributed by atoms with Crippen LogP contribution < -0.4 is 0 Å². The highest BCUT2D eigenvalue weighted by atomic mass is 32.2. The molecule has 1 unspecified atom stereocenters. The third-order valence-corrected chi connectivity index (χ3v) is 6.19. The van der Waals surface area contributed by atoms with Crippen LogP contribution in [-0.2, 0) is 21.1 Å². The molecule has 2 rings (SSSR count). The lowest BCUT2D eigenvalue weighted by Gasteiger charge is -2.19. The smallest absolute Gasteiger partial charge is 0.308 e. The van der Waals surface area contributed by atoms with E-state index in [1.807, 2.05) is 0 Å². The van der Waals surface area contributed by atoms with Gasteiger partial charge in [0.1, 0.15) is 10.3 Å². The molecule has 0 bridgehead atoms. The summed E-state index contributed by atoms with van der Waals surface area (Å²) in [4.78, 5) is 15.2. The minimum absolute atomic E-state index is 0.0928. The van der Waals surface area contributed by atoms with E-state index in [0.29, 0.717) is 22.7 Å². The Hall–Kier alpha value is -0.950. The summed E-state index contributed by atoms with van der Waals surface area (Å²) in [5.74, 6) is -0.711. The number of carboxylic acid groups (broad SMARTS) is 1. The molecule has 1 aliphatic heterocycles. The maximum absolute atomic E-state index is 11.9. The lowest BCUT2D eigenvalue weighted by molar-refractivity contribution is -0.136. The minimum Gasteiger partial charge on any atom is -0.481 e. The number of hydrogen-bond donors (Lipinski definition) is 1. The fraction of sp³-hybridized carbons (Fsp3) is 0.600. The number of carboxylic acids is 1. The van der Waals surface area contributed by atoms with E-state index in [9.17, 15) is 13.2 Å². The zero-order chi connectivity index (χ0) is 12.5. The number of aliphatic carboxylic acids is 1. The van der Waals surface area contributed by atoms with Crippen LogP contribution >= 0.6 is 11.3 Å². The Morgan fingerprint density at radius 3 is 2.94 bits per heavy atom. The monoisotopic (exact) mass is 275 g/mol. The summed E-state index contributed by atoms with van der Waals surface area (Å²) >= 11 is 1.20. The second-order valence-corrected chi connectivity index (χ2v) is 7.54. The average Bonchev–Trinajstić information content (AvgIpc) is 2.64. The predicted molar refractivity (Wildman–Crippen MR) is 63.8 cm³/mol. The number of hydrogen-bond acceptors (Lipinski definition) is 5. The highest BCUT2D eigenvalue weighted by molar-refractivity contribution is 7.91. The average molecular weight is 275 g/mol. The Morgan fingerprint density at radius 1 is 1.53 bits per heavy atom. The Morgan fingerprint density at radius 2 is 2.29 bits per heavy atom. The lowest BCUT2D eigenvalue weighted by atomic mass is 10.2. The van der Waals surface area contributed by atoms with Crippen molar-refractivity contribution in [1.82, 2.24) is 4.98 Å². The van der Waals surface area contributed by atoms with E-state index in [4.69, 9.17) is 5.11 Å². The van der Waals surface area contributed by atoms with Gasteiger partial charge in [0.2, 0.25) is 0 Å². The number of aromatic nitrogens is 1. The van der Waals surface area contributed by atoms with Gasteiger partial charge >= 0.3 is 5.97 Å². The zero-order valence-corrected chi connectivity index (χ0v) is 10.8. The van der Waals surface area contributed by atoms with Crippen LogP contribution in [0.3, 0.4) is 0 Å². The topological polar surface area (TPSA) is 84.3 Å². The lowest BCUT2D eigenvalue weighted by Crippen LogP contribution is -2.21. The number of thiazole rings is 1. The summed E-state index contributed by atoms with van der Waals surface area (Å²) in [5.41, 5.74) is 0. The third kappa shape index (κ3) is 2.84. The summed E-state index contributed by atoms with van der Waals surface area (Å²) in [6, 6.07) is 0. The van der Waals surface area contributed by atoms with Gasteiger partial charge in [-0.2, -0.15) is 0 Å². The molecule has 5 nitrogen and oxygen atoms in total. The molecule has 17 heavy (non-hydrogen) atoms. The molecule has 1 fully saturated rings. The largest absolute Gasteiger partial charge is 0.481 e. The van der Waals surface area contributed by atoms with Gasteiger partial charge < -0.3 is 5.11 Å². The molecule has 1 aliphatic rings. The number of carbonyl (C=O) groups is 1. The van der Waals surface area contributed by atoms with Crippen LogP contribution in [0.1, 0.15) is 34.4 Å². The maximum Gasteiger partial charge on any atom is 0.308 e. The fourth-order valence-electron chi connectivity index (χ4n) is 1.93. The van der Waals surface area contributed by atoms with Crippen molar-refractivity contribution >= 4 is 27.1 Å². The van der Waals surface area contributed by atoms with Crippen molar-refractivity contribution in [3.05, 3.63) is 16.1 Å². The second kappa shape index (κ2) is 4.73. The van der Waals surface area contributed by atoms with Gasteiger partial charge in [0, 0.05) is 11.1 Å². The molecule has 0 amide bonds. The van der Waals surface area contributed by atoms with Gasteiger partial charge in [-0.05, 0) is 12.8 Å². The zero-order valence-electron chi connectivity index (χ0n) is 9.13. The van der Waals surface area contributed by atoms with Crippen LogP contribution in [0.4, 0.5) is 0 Å². The highest BCUT2D eigenvalue weighted by Crippen LogP contribution is 2.35. The van der Waals surface area contributed by atoms with Crippen molar-refractivity contribution in [3.8, 4) is 0 Å². The van der Waals surface area contributed by atoms with Crippen molar-refractivity contribution in [1.29, 1.82) is 0 Å². The molecule has 1 atom stereocenters. The summed E-state index contributed by atoms with van der Waals surface area (Å²) in [5, 5.41) is 8.67. The molecule has 1 aromatic heterocycles. The molecule has 0 saturated carbocycles. The SMILES string of the molecule is O=C(O)Cc1cnc(C2CCCCS2(=O)=O)s1. The van der Waals surface area contributed by atoms with E-state index in [-0.39, 0.29) is 12.2 Å². The van der Waals surface area contributed by atoms with Gasteiger partial charge in [-0.25, -0.2) is 13.4 Å². The molecule has 1 saturated heterocycles. The van der Waals surface area contributed by atoms with E-state index >= 15 is 0 Å². The molecule has 94 valence electrons. The summed E-state index contributed by atoms with van der Waals surface area (Å²) < 4.78 is 23.7. The predicted octanol–water partition coefficient (Wildman–Crippen LogP) is 1.41. The molecule has 1 aromatic rings. The Labute approximate surface area is 103 Å². The van der Waals surface area contributed by atoms with Crippen LogP contribution in [0.2, 0.25) is 0 Å². The molecule has 0 spiro atoms. The molecule has 0 aliphatic carbocycles. The standard InChI is InChI=1S/C10H13NO4S2/c12-9(13)5-7-6-11-10(16-7)8-3-1-2-4-17(8,14)15/h6,8H,1-5H2,(H,12,13). The van der Waals surface area contributed by atoms with E-state index < -0.39 is 21.1 Å². The van der Waals surface area contributed by atoms with Gasteiger partial charge in [-0.15, -0.1) is 11.3 Å². The van der Waals surface area contributed by atoms with Gasteiger partial charge in [-0.1, -0.05) is 6.42 Å². The molecular weight excluding hydrogens is 262 g/mol. The van der Waals surface area contributed by atoms with Gasteiger partial charge in [-0.3, -0.25) is 4.79 Å². The summed E-state index contributed by atoms with van der Waals surface area (Å²) in [6.07, 6.45) is 3.58. The quantitative estimate of drug-likeness (QED) is 0.901. The van der Waals surface area contributed by atoms with E-state index in [0.717, 1.165) is 6.42 Å². The first-order valence-electron chi connectivity index (χ1n) is 5.37. The Balaban J connectivity index is 2.22. The Bertz CT molecular complexity index is 520. The summed E-state index contributed by atoms with van der Waals surface area (Å²) in [7, 11) is -3.09. The first-order valence-corrected chi connectivity index (χ1v) is 7.90. The number of rotatable bonds is 3. The van der Waals surface area contributed by atoms with Crippen molar-refractivity contribution in [3.63, 3.8) is 0 Å². The number of sulfone groups is 1. The van der Waals surface area contributed by atoms with E-state index in [1.54, 1.807) is 0 Å². The Kier molecular flexibility index (Phi) is 3.48. The minimum atomic E-state index is -3.09.